The van der Waals surface area contributed by atoms with Crippen molar-refractivity contribution in [2.24, 2.45) is 0 Å². The minimum atomic E-state index is -5.64. The maximum Gasteiger partial charge on any atom is 0.470 e. The Balaban J connectivity index is 3.50. The van der Waals surface area contributed by atoms with Crippen LogP contribution in [0.5, 0.6) is 0 Å². The molecule has 1 saturated carbocycles. The Morgan fingerprint density at radius 3 is 0.893 bits per heavy atom. The summed E-state index contributed by atoms with van der Waals surface area (Å²) in [5.74, 6) is 0. The van der Waals surface area contributed by atoms with E-state index >= 15 is 0 Å². The van der Waals surface area contributed by atoms with Crippen molar-refractivity contribution in [1.29, 1.82) is 0 Å². The molecule has 0 heterocycles. The molecule has 0 spiro atoms. The highest BCUT2D eigenvalue weighted by Crippen LogP contribution is 2.52. The van der Waals surface area contributed by atoms with Crippen molar-refractivity contribution in [2.75, 3.05) is 0 Å². The lowest BCUT2D eigenvalue weighted by atomic mass is 9.85. The Morgan fingerprint density at radius 2 is 0.643 bits per heavy atom. The van der Waals surface area contributed by atoms with Gasteiger partial charge in [0, 0.05) is 0 Å². The van der Waals surface area contributed by atoms with E-state index < -0.39 is 67.9 Å². The molecule has 0 aromatic carbocycles. The first-order valence-electron chi connectivity index (χ1n) is 6.52. The fourth-order valence-electron chi connectivity index (χ4n) is 2.28. The van der Waals surface area contributed by atoms with Gasteiger partial charge in [-0.2, -0.15) is 0 Å². The van der Waals surface area contributed by atoms with Gasteiger partial charge in [-0.25, -0.2) is 18.3 Å². The van der Waals surface area contributed by atoms with Gasteiger partial charge in [-0.05, 0) is 0 Å². The van der Waals surface area contributed by atoms with E-state index in [1.54, 1.807) is 0 Å². The zero-order valence-electron chi connectivity index (χ0n) is 13.0. The molecule has 1 fully saturated rings. The predicted molar refractivity (Wildman–Crippen MR) is 79.7 cm³/mol. The fraction of sp³-hybridized carbons (Fsp3) is 1.00. The normalized spacial score (nSPS) is 33.1. The molecule has 10 N–H and O–H groups in total. The third-order valence-electron chi connectivity index (χ3n) is 3.03. The molecule has 168 valence electrons. The second-order valence-electron chi connectivity index (χ2n) is 5.22. The van der Waals surface area contributed by atoms with E-state index in [1.165, 1.54) is 0 Å². The van der Waals surface area contributed by atoms with Crippen molar-refractivity contribution < 1.29 is 85.7 Å². The molecule has 18 nitrogen and oxygen atoms in total. The van der Waals surface area contributed by atoms with Gasteiger partial charge in [0.25, 0.3) is 0 Å². The van der Waals surface area contributed by atoms with Crippen LogP contribution < -0.4 is 0 Å². The monoisotopic (exact) mass is 500 g/mol. The average molecular weight is 500 g/mol. The van der Waals surface area contributed by atoms with Crippen LogP contribution in [0, 0.1) is 0 Å². The number of aliphatic hydroxyl groups is 2. The van der Waals surface area contributed by atoms with Crippen molar-refractivity contribution in [1.82, 2.24) is 0 Å². The third kappa shape index (κ3) is 8.62. The van der Waals surface area contributed by atoms with Gasteiger partial charge in [0.1, 0.15) is 36.6 Å². The van der Waals surface area contributed by atoms with Gasteiger partial charge in [0.2, 0.25) is 0 Å². The lowest BCUT2D eigenvalue weighted by Crippen LogP contribution is -2.65. The molecule has 4 atom stereocenters. The zero-order valence-corrected chi connectivity index (χ0v) is 16.6. The Bertz CT molecular complexity index is 688. The number of hydrogen-bond acceptors (Lipinski definition) is 10. The summed E-state index contributed by atoms with van der Waals surface area (Å²) < 4.78 is 60.5. The van der Waals surface area contributed by atoms with E-state index in [1.807, 2.05) is 0 Å². The van der Waals surface area contributed by atoms with Crippen molar-refractivity contribution in [3.8, 4) is 0 Å². The van der Waals surface area contributed by atoms with Crippen LogP contribution in [0.25, 0.3) is 0 Å². The van der Waals surface area contributed by atoms with Crippen LogP contribution in [0.1, 0.15) is 0 Å². The largest absolute Gasteiger partial charge is 0.470 e. The minimum Gasteiger partial charge on any atom is -0.387 e. The molecule has 1 rings (SSSR count). The van der Waals surface area contributed by atoms with E-state index in [0.29, 0.717) is 0 Å². The summed E-state index contributed by atoms with van der Waals surface area (Å²) in [6.07, 6.45) is -15.9. The quantitative estimate of drug-likeness (QED) is 0.145. The number of hydrogen-bond donors (Lipinski definition) is 10. The molecule has 0 amide bonds. The number of phosphoric acid groups is 4. The summed E-state index contributed by atoms with van der Waals surface area (Å²) >= 11 is 0. The summed E-state index contributed by atoms with van der Waals surface area (Å²) in [5, 5.41) is 20.1. The minimum absolute atomic E-state index is 2.56. The van der Waals surface area contributed by atoms with E-state index in [4.69, 9.17) is 39.1 Å². The van der Waals surface area contributed by atoms with Crippen molar-refractivity contribution in [2.45, 2.75) is 36.6 Å². The maximum atomic E-state index is 11.1. The molecule has 0 radical (unpaired) electrons. The van der Waals surface area contributed by atoms with Gasteiger partial charge >= 0.3 is 31.3 Å². The van der Waals surface area contributed by atoms with Crippen LogP contribution in [0.4, 0.5) is 0 Å². The molecular formula is C6H16O18P4. The van der Waals surface area contributed by atoms with Gasteiger partial charge in [-0.1, -0.05) is 0 Å². The second-order valence-corrected chi connectivity index (χ2v) is 9.99. The molecule has 22 heteroatoms. The van der Waals surface area contributed by atoms with Crippen molar-refractivity contribution in [3.63, 3.8) is 0 Å². The van der Waals surface area contributed by atoms with Crippen LogP contribution in [0.3, 0.4) is 0 Å². The van der Waals surface area contributed by atoms with Gasteiger partial charge in [-0.3, -0.25) is 18.1 Å². The first kappa shape index (κ1) is 26.4. The molecule has 0 saturated heterocycles. The van der Waals surface area contributed by atoms with E-state index in [-0.39, 0.29) is 0 Å². The smallest absolute Gasteiger partial charge is 0.387 e. The van der Waals surface area contributed by atoms with Crippen LogP contribution in [0.15, 0.2) is 0 Å². The van der Waals surface area contributed by atoms with Crippen LogP contribution in [0.2, 0.25) is 0 Å². The lowest BCUT2D eigenvalue weighted by Gasteiger charge is -2.45. The van der Waals surface area contributed by atoms with Gasteiger partial charge in [0.05, 0.1) is 0 Å². The third-order valence-corrected chi connectivity index (χ3v) is 5.10. The van der Waals surface area contributed by atoms with E-state index in [2.05, 4.69) is 18.1 Å². The molecule has 1 aliphatic carbocycles. The van der Waals surface area contributed by atoms with Gasteiger partial charge in [0.15, 0.2) is 0 Å². The van der Waals surface area contributed by atoms with Gasteiger partial charge < -0.3 is 49.4 Å². The Morgan fingerprint density at radius 1 is 0.429 bits per heavy atom. The molecule has 28 heavy (non-hydrogen) atoms. The summed E-state index contributed by atoms with van der Waals surface area (Å²) in [6.45, 7) is 0. The summed E-state index contributed by atoms with van der Waals surface area (Å²) in [4.78, 5) is 71.0. The molecule has 0 bridgehead atoms. The summed E-state index contributed by atoms with van der Waals surface area (Å²) in [7, 11) is -22.4. The molecule has 0 aromatic rings. The van der Waals surface area contributed by atoms with Crippen molar-refractivity contribution >= 4 is 31.3 Å². The van der Waals surface area contributed by atoms with Crippen LogP contribution >= 0.6 is 31.3 Å². The zero-order chi connectivity index (χ0) is 22.3. The number of phosphoric ester groups is 4. The average Bonchev–Trinajstić information content (AvgIpc) is 2.39. The van der Waals surface area contributed by atoms with Gasteiger partial charge in [-0.15, -0.1) is 0 Å². The summed E-state index contributed by atoms with van der Waals surface area (Å²) in [6, 6.07) is 0. The van der Waals surface area contributed by atoms with Crippen molar-refractivity contribution in [3.05, 3.63) is 0 Å². The summed E-state index contributed by atoms with van der Waals surface area (Å²) in [5.41, 5.74) is 0. The number of aliphatic hydroxyl groups excluding tert-OH is 2. The van der Waals surface area contributed by atoms with E-state index in [0.717, 1.165) is 0 Å². The number of rotatable bonds is 8. The lowest BCUT2D eigenvalue weighted by molar-refractivity contribution is -0.208. The molecule has 0 aromatic heterocycles. The highest BCUT2D eigenvalue weighted by Gasteiger charge is 2.58. The predicted octanol–water partition coefficient (Wildman–Crippen LogP) is -3.37. The highest BCUT2D eigenvalue weighted by atomic mass is 31.2. The second kappa shape index (κ2) is 8.85. The molecular weight excluding hydrogens is 484 g/mol. The van der Waals surface area contributed by atoms with E-state index in [9.17, 15) is 28.5 Å². The van der Waals surface area contributed by atoms with Crippen LogP contribution in [-0.2, 0) is 36.4 Å². The molecule has 0 unspecified atom stereocenters. The first-order chi connectivity index (χ1) is 12.2. The topological polar surface area (TPSA) is 308 Å². The Kier molecular flexibility index (Phi) is 8.34. The standard InChI is InChI=1S/C6H16O18P4/c7-1-3(21-25(9,10)11)2(8)5(23-27(15,16)17)6(24-28(18,19)20)4(1)22-26(12,13)14/h1-8H,(H2,9,10,11)(H2,12,13,14)(H2,15,16,17)(H2,18,19,20)/t1-,2-,3?,4+,5+,6?/m0/s1. The highest BCUT2D eigenvalue weighted by molar-refractivity contribution is 7.47. The molecule has 0 aliphatic heterocycles. The van der Waals surface area contributed by atoms with Crippen LogP contribution in [-0.4, -0.2) is 86.0 Å². The molecule has 1 aliphatic rings. The Labute approximate surface area is 154 Å². The Hall–Kier alpha value is 0.360. The fourth-order valence-corrected chi connectivity index (χ4v) is 4.52. The SMILES string of the molecule is O=P(O)(O)OC1[C@H](O)[C@@H](OP(=O)(O)O)C(OP(=O)(O)O)[C@H](OP(=O)(O)O)[C@H]1O. The first-order valence-corrected chi connectivity index (χ1v) is 12.6. The maximum absolute atomic E-state index is 11.1.